The number of hydrogen-bond acceptors (Lipinski definition) is 4. The number of esters is 1. The predicted octanol–water partition coefficient (Wildman–Crippen LogP) is 5.72. The van der Waals surface area contributed by atoms with Gasteiger partial charge in [0.2, 0.25) is 0 Å². The third kappa shape index (κ3) is 4.77. The van der Waals surface area contributed by atoms with Crippen molar-refractivity contribution in [1.29, 1.82) is 0 Å². The summed E-state index contributed by atoms with van der Waals surface area (Å²) in [5.41, 5.74) is -0.446. The number of hydrogen-bond donors (Lipinski definition) is 1. The Bertz CT molecular complexity index is 977. The number of ether oxygens (including phenoxy) is 1. The van der Waals surface area contributed by atoms with E-state index in [4.69, 9.17) is 16.3 Å². The molecule has 1 N–H and O–H groups in total. The van der Waals surface area contributed by atoms with E-state index in [1.807, 2.05) is 0 Å². The van der Waals surface area contributed by atoms with Crippen molar-refractivity contribution in [1.82, 2.24) is 4.98 Å². The number of aromatic nitrogens is 1. The van der Waals surface area contributed by atoms with Crippen LogP contribution in [0.1, 0.15) is 16.1 Å². The van der Waals surface area contributed by atoms with Gasteiger partial charge in [0.05, 0.1) is 11.3 Å². The van der Waals surface area contributed by atoms with Crippen LogP contribution in [-0.2, 0) is 6.18 Å². The second kappa shape index (κ2) is 7.67. The van der Waals surface area contributed by atoms with Gasteiger partial charge < -0.3 is 10.1 Å². The molecular weight excluding hydrogens is 381 g/mol. The van der Waals surface area contributed by atoms with Gasteiger partial charge in [0.1, 0.15) is 11.4 Å². The minimum atomic E-state index is -4.57. The lowest BCUT2D eigenvalue weighted by molar-refractivity contribution is -0.141. The number of rotatable bonds is 4. The number of carbonyl (C=O) groups is 1. The Morgan fingerprint density at radius 2 is 1.81 bits per heavy atom. The molecule has 0 atom stereocenters. The minimum Gasteiger partial charge on any atom is -0.423 e. The second-order valence-electron chi connectivity index (χ2n) is 5.44. The Morgan fingerprint density at radius 3 is 2.56 bits per heavy atom. The van der Waals surface area contributed by atoms with Crippen molar-refractivity contribution < 1.29 is 22.7 Å². The summed E-state index contributed by atoms with van der Waals surface area (Å²) in [6.07, 6.45) is -3.53. The molecule has 0 saturated heterocycles. The van der Waals surface area contributed by atoms with Crippen LogP contribution in [0.4, 0.5) is 24.5 Å². The van der Waals surface area contributed by atoms with Gasteiger partial charge in [0.25, 0.3) is 0 Å². The van der Waals surface area contributed by atoms with Gasteiger partial charge in [0, 0.05) is 16.9 Å². The summed E-state index contributed by atoms with van der Waals surface area (Å²) in [7, 11) is 0. The van der Waals surface area contributed by atoms with E-state index in [1.165, 1.54) is 18.2 Å². The zero-order valence-electron chi connectivity index (χ0n) is 13.6. The van der Waals surface area contributed by atoms with Gasteiger partial charge in [-0.05, 0) is 42.5 Å². The fourth-order valence-corrected chi connectivity index (χ4v) is 2.46. The van der Waals surface area contributed by atoms with Crippen molar-refractivity contribution in [3.05, 3.63) is 83.1 Å². The number of halogens is 4. The number of carbonyl (C=O) groups excluding carboxylic acids is 1. The number of anilines is 2. The van der Waals surface area contributed by atoms with Gasteiger partial charge in [0.15, 0.2) is 0 Å². The van der Waals surface area contributed by atoms with Crippen LogP contribution in [0.3, 0.4) is 0 Å². The average molecular weight is 393 g/mol. The summed E-state index contributed by atoms with van der Waals surface area (Å²) < 4.78 is 43.7. The molecule has 1 heterocycles. The van der Waals surface area contributed by atoms with E-state index >= 15 is 0 Å². The molecule has 138 valence electrons. The first kappa shape index (κ1) is 18.7. The molecule has 2 aromatic carbocycles. The lowest BCUT2D eigenvalue weighted by atomic mass is 10.1. The molecule has 3 aromatic rings. The van der Waals surface area contributed by atoms with Gasteiger partial charge in [-0.1, -0.05) is 29.8 Å². The molecule has 0 unspecified atom stereocenters. The quantitative estimate of drug-likeness (QED) is 0.456. The normalized spacial score (nSPS) is 11.1. The maximum atomic E-state index is 12.8. The Balaban J connectivity index is 1.85. The Morgan fingerprint density at radius 1 is 1.04 bits per heavy atom. The molecule has 1 aromatic heterocycles. The van der Waals surface area contributed by atoms with Crippen LogP contribution in [0.2, 0.25) is 5.02 Å². The number of alkyl halides is 3. The highest BCUT2D eigenvalue weighted by Crippen LogP contribution is 2.30. The molecule has 0 saturated carbocycles. The highest BCUT2D eigenvalue weighted by molar-refractivity contribution is 6.30. The molecule has 0 aliphatic carbocycles. The van der Waals surface area contributed by atoms with Gasteiger partial charge >= 0.3 is 12.1 Å². The first-order valence-electron chi connectivity index (χ1n) is 7.70. The fourth-order valence-electron chi connectivity index (χ4n) is 2.28. The summed E-state index contributed by atoms with van der Waals surface area (Å²) in [6.45, 7) is 0. The summed E-state index contributed by atoms with van der Waals surface area (Å²) >= 11 is 5.86. The van der Waals surface area contributed by atoms with Gasteiger partial charge in [-0.3, -0.25) is 4.98 Å². The number of nitrogens with one attached hydrogen (secondary N) is 1. The number of benzene rings is 2. The maximum Gasteiger partial charge on any atom is 0.433 e. The molecule has 0 fully saturated rings. The molecular formula is C19H12ClF3N2O2. The van der Waals surface area contributed by atoms with Crippen LogP contribution in [0.5, 0.6) is 5.75 Å². The number of pyridine rings is 1. The summed E-state index contributed by atoms with van der Waals surface area (Å²) in [5, 5.41) is 3.20. The van der Waals surface area contributed by atoms with Crippen molar-refractivity contribution in [2.24, 2.45) is 0 Å². The summed E-state index contributed by atoms with van der Waals surface area (Å²) in [4.78, 5) is 15.8. The van der Waals surface area contributed by atoms with Crippen LogP contribution in [0.15, 0.2) is 66.9 Å². The van der Waals surface area contributed by atoms with Gasteiger partial charge in [-0.2, -0.15) is 13.2 Å². The fraction of sp³-hybridized carbons (Fsp3) is 0.0526. The molecule has 3 rings (SSSR count). The Labute approximate surface area is 157 Å². The minimum absolute atomic E-state index is 0.139. The number of nitrogens with zero attached hydrogens (tertiary/aromatic N) is 1. The molecule has 27 heavy (non-hydrogen) atoms. The Kier molecular flexibility index (Phi) is 5.32. The molecule has 0 aliphatic rings. The van der Waals surface area contributed by atoms with E-state index in [-0.39, 0.29) is 17.0 Å². The van der Waals surface area contributed by atoms with E-state index in [2.05, 4.69) is 10.3 Å². The van der Waals surface area contributed by atoms with Crippen LogP contribution in [0, 0.1) is 0 Å². The van der Waals surface area contributed by atoms with Crippen LogP contribution in [0.25, 0.3) is 0 Å². The van der Waals surface area contributed by atoms with Gasteiger partial charge in [-0.15, -0.1) is 0 Å². The third-order valence-electron chi connectivity index (χ3n) is 3.48. The van der Waals surface area contributed by atoms with Gasteiger partial charge in [-0.25, -0.2) is 4.79 Å². The van der Waals surface area contributed by atoms with Crippen LogP contribution in [-0.4, -0.2) is 11.0 Å². The van der Waals surface area contributed by atoms with Crippen LogP contribution < -0.4 is 10.1 Å². The first-order chi connectivity index (χ1) is 12.8. The zero-order chi connectivity index (χ0) is 19.4. The SMILES string of the molecule is O=C(Oc1cccc(Cl)c1)c1ccccc1Nc1ccnc(C(F)(F)F)c1. The van der Waals surface area contributed by atoms with Crippen LogP contribution >= 0.6 is 11.6 Å². The molecule has 0 amide bonds. The van der Waals surface area contributed by atoms with E-state index in [0.717, 1.165) is 12.3 Å². The standard InChI is InChI=1S/C19H12ClF3N2O2/c20-12-4-3-5-14(10-12)27-18(26)15-6-1-2-7-16(15)25-13-8-9-24-17(11-13)19(21,22)23/h1-11H,(H,24,25). The van der Waals surface area contributed by atoms with E-state index < -0.39 is 17.8 Å². The highest BCUT2D eigenvalue weighted by atomic mass is 35.5. The summed E-state index contributed by atoms with van der Waals surface area (Å²) in [6, 6.07) is 14.9. The predicted molar refractivity (Wildman–Crippen MR) is 95.4 cm³/mol. The smallest absolute Gasteiger partial charge is 0.423 e. The lowest BCUT2D eigenvalue weighted by Gasteiger charge is -2.13. The average Bonchev–Trinajstić information content (AvgIpc) is 2.62. The maximum absolute atomic E-state index is 12.8. The topological polar surface area (TPSA) is 51.2 Å². The zero-order valence-corrected chi connectivity index (χ0v) is 14.4. The van der Waals surface area contributed by atoms with Crippen molar-refractivity contribution >= 4 is 28.9 Å². The highest BCUT2D eigenvalue weighted by Gasteiger charge is 2.32. The molecule has 0 bridgehead atoms. The monoisotopic (exact) mass is 392 g/mol. The van der Waals surface area contributed by atoms with E-state index in [1.54, 1.807) is 36.4 Å². The summed E-state index contributed by atoms with van der Waals surface area (Å²) in [5.74, 6) is -0.420. The number of para-hydroxylation sites is 1. The third-order valence-corrected chi connectivity index (χ3v) is 3.72. The second-order valence-corrected chi connectivity index (χ2v) is 5.88. The molecule has 0 spiro atoms. The lowest BCUT2D eigenvalue weighted by Crippen LogP contribution is -2.12. The first-order valence-corrected chi connectivity index (χ1v) is 8.08. The molecule has 0 aliphatic heterocycles. The molecule has 4 nitrogen and oxygen atoms in total. The Hall–Kier alpha value is -3.06. The molecule has 0 radical (unpaired) electrons. The largest absolute Gasteiger partial charge is 0.433 e. The van der Waals surface area contributed by atoms with Crippen molar-refractivity contribution in [2.45, 2.75) is 6.18 Å². The van der Waals surface area contributed by atoms with Crippen molar-refractivity contribution in [3.8, 4) is 5.75 Å². The molecule has 8 heteroatoms. The van der Waals surface area contributed by atoms with E-state index in [9.17, 15) is 18.0 Å². The van der Waals surface area contributed by atoms with Crippen molar-refractivity contribution in [2.75, 3.05) is 5.32 Å². The van der Waals surface area contributed by atoms with E-state index in [0.29, 0.717) is 10.7 Å². The van der Waals surface area contributed by atoms with Crippen molar-refractivity contribution in [3.63, 3.8) is 0 Å².